The maximum absolute atomic E-state index is 13.3. The minimum Gasteiger partial charge on any atom is -0.508 e. The monoisotopic (exact) mass is 461 g/mol. The lowest BCUT2D eigenvalue weighted by Crippen LogP contribution is -2.29. The zero-order valence-electron chi connectivity index (χ0n) is 19.5. The number of methoxy groups -OCH3 is 1. The predicted octanol–water partition coefficient (Wildman–Crippen LogP) is 4.91. The number of aromatic hydroxyl groups is 1. The van der Waals surface area contributed by atoms with Gasteiger partial charge in [0, 0.05) is 0 Å². The molecule has 4 rings (SSSR count). The van der Waals surface area contributed by atoms with Crippen molar-refractivity contribution in [1.29, 1.82) is 0 Å². The van der Waals surface area contributed by atoms with Gasteiger partial charge in [0.25, 0.3) is 11.7 Å². The van der Waals surface area contributed by atoms with E-state index in [9.17, 15) is 19.8 Å². The molecule has 1 fully saturated rings. The van der Waals surface area contributed by atoms with Crippen LogP contribution >= 0.6 is 0 Å². The second-order valence-electron chi connectivity index (χ2n) is 9.27. The van der Waals surface area contributed by atoms with E-state index in [1.165, 1.54) is 30.4 Å². The number of amides is 1. The van der Waals surface area contributed by atoms with Gasteiger partial charge in [0.2, 0.25) is 0 Å². The molecule has 1 aromatic heterocycles. The van der Waals surface area contributed by atoms with Gasteiger partial charge in [-0.2, -0.15) is 0 Å². The molecule has 1 amide bonds. The quantitative estimate of drug-likeness (QED) is 0.318. The molecule has 34 heavy (non-hydrogen) atoms. The molecule has 0 saturated carbocycles. The highest BCUT2D eigenvalue weighted by atomic mass is 16.5. The van der Waals surface area contributed by atoms with Crippen molar-refractivity contribution >= 4 is 17.4 Å². The van der Waals surface area contributed by atoms with E-state index >= 15 is 0 Å². The number of carbonyl (C=O) groups excluding carboxylic acids is 2. The van der Waals surface area contributed by atoms with Gasteiger partial charge in [-0.05, 0) is 52.9 Å². The molecule has 0 bridgehead atoms. The zero-order valence-corrected chi connectivity index (χ0v) is 19.5. The number of Topliss-reactive ketones (excluding diaryl/α,β-unsaturated/α-hetero) is 1. The van der Waals surface area contributed by atoms with Crippen LogP contribution in [0, 0.1) is 0 Å². The van der Waals surface area contributed by atoms with Crippen molar-refractivity contribution < 1.29 is 29.0 Å². The minimum absolute atomic E-state index is 0.0200. The number of ether oxygens (including phenoxy) is 1. The highest BCUT2D eigenvalue weighted by Gasteiger charge is 2.46. The van der Waals surface area contributed by atoms with Gasteiger partial charge in [0.05, 0.1) is 37.1 Å². The summed E-state index contributed by atoms with van der Waals surface area (Å²) in [6.07, 6.45) is 1.48. The Morgan fingerprint density at radius 3 is 2.47 bits per heavy atom. The maximum Gasteiger partial charge on any atom is 0.296 e. The van der Waals surface area contributed by atoms with Gasteiger partial charge in [-0.15, -0.1) is 0 Å². The number of aliphatic hydroxyl groups excluding tert-OH is 1. The van der Waals surface area contributed by atoms with Crippen molar-refractivity contribution in [2.24, 2.45) is 0 Å². The molecule has 7 heteroatoms. The summed E-state index contributed by atoms with van der Waals surface area (Å²) in [6, 6.07) is 14.2. The summed E-state index contributed by atoms with van der Waals surface area (Å²) in [5.41, 5.74) is 1.42. The SMILES string of the molecule is COc1ccc(C(C)(C)C)cc1/C(O)=C1\C(=O)C(=O)N(Cc2ccco2)C1c1cccc(O)c1. The lowest BCUT2D eigenvalue weighted by atomic mass is 9.85. The lowest BCUT2D eigenvalue weighted by molar-refractivity contribution is -0.140. The molecule has 0 aliphatic carbocycles. The van der Waals surface area contributed by atoms with Crippen LogP contribution in [0.4, 0.5) is 0 Å². The van der Waals surface area contributed by atoms with Crippen LogP contribution in [-0.4, -0.2) is 33.9 Å². The molecule has 1 saturated heterocycles. The number of likely N-dealkylation sites (tertiary alicyclic amines) is 1. The predicted molar refractivity (Wildman–Crippen MR) is 126 cm³/mol. The van der Waals surface area contributed by atoms with Crippen LogP contribution in [0.1, 0.15) is 49.3 Å². The summed E-state index contributed by atoms with van der Waals surface area (Å²) in [5.74, 6) is -1.08. The molecule has 1 atom stereocenters. The number of phenols is 1. The molecule has 7 nitrogen and oxygen atoms in total. The largest absolute Gasteiger partial charge is 0.508 e. The van der Waals surface area contributed by atoms with Gasteiger partial charge in [0.15, 0.2) is 0 Å². The third kappa shape index (κ3) is 4.17. The van der Waals surface area contributed by atoms with Gasteiger partial charge in [-0.1, -0.05) is 39.0 Å². The molecule has 3 aromatic rings. The molecule has 2 heterocycles. The van der Waals surface area contributed by atoms with Gasteiger partial charge < -0.3 is 24.3 Å². The summed E-state index contributed by atoms with van der Waals surface area (Å²) in [5, 5.41) is 21.6. The molecule has 2 aromatic carbocycles. The van der Waals surface area contributed by atoms with Crippen LogP contribution in [0.3, 0.4) is 0 Å². The summed E-state index contributed by atoms with van der Waals surface area (Å²) < 4.78 is 10.9. The normalized spacial score (nSPS) is 17.9. The highest BCUT2D eigenvalue weighted by molar-refractivity contribution is 6.46. The van der Waals surface area contributed by atoms with Crippen LogP contribution in [0.25, 0.3) is 5.76 Å². The Kier molecular flexibility index (Phi) is 5.96. The van der Waals surface area contributed by atoms with E-state index in [0.29, 0.717) is 22.6 Å². The first-order chi connectivity index (χ1) is 16.1. The molecule has 2 N–H and O–H groups in total. The molecule has 1 aliphatic rings. The second-order valence-corrected chi connectivity index (χ2v) is 9.27. The van der Waals surface area contributed by atoms with Crippen molar-refractivity contribution in [2.45, 2.75) is 38.8 Å². The van der Waals surface area contributed by atoms with Crippen LogP contribution in [0.2, 0.25) is 0 Å². The average Bonchev–Trinajstić information content (AvgIpc) is 3.40. The standard InChI is InChI=1S/C27H27NO6/c1-27(2,3)17-10-11-21(33-4)20(14-17)24(30)22-23(16-7-5-8-18(29)13-16)28(26(32)25(22)31)15-19-9-6-12-34-19/h5-14,23,29-30H,15H2,1-4H3/b24-22+. The van der Waals surface area contributed by atoms with Gasteiger partial charge in [-0.25, -0.2) is 0 Å². The Morgan fingerprint density at radius 2 is 1.85 bits per heavy atom. The summed E-state index contributed by atoms with van der Waals surface area (Å²) in [6.45, 7) is 6.13. The summed E-state index contributed by atoms with van der Waals surface area (Å²) in [7, 11) is 1.48. The zero-order chi connectivity index (χ0) is 24.6. The molecule has 176 valence electrons. The number of hydrogen-bond donors (Lipinski definition) is 2. The number of furan rings is 1. The van der Waals surface area contributed by atoms with Gasteiger partial charge in [-0.3, -0.25) is 9.59 Å². The number of rotatable bonds is 5. The van der Waals surface area contributed by atoms with Gasteiger partial charge in [0.1, 0.15) is 23.0 Å². The smallest absolute Gasteiger partial charge is 0.296 e. The first kappa shape index (κ1) is 23.2. The molecule has 1 aliphatic heterocycles. The van der Waals surface area contributed by atoms with E-state index < -0.39 is 17.7 Å². The Hall–Kier alpha value is -4.00. The third-order valence-corrected chi connectivity index (χ3v) is 5.95. The van der Waals surface area contributed by atoms with Crippen LogP contribution in [0.5, 0.6) is 11.5 Å². The molecular weight excluding hydrogens is 434 g/mol. The Bertz CT molecular complexity index is 1270. The van der Waals surface area contributed by atoms with E-state index in [4.69, 9.17) is 9.15 Å². The Morgan fingerprint density at radius 1 is 1.09 bits per heavy atom. The molecular formula is C27H27NO6. The van der Waals surface area contributed by atoms with Gasteiger partial charge >= 0.3 is 0 Å². The lowest BCUT2D eigenvalue weighted by Gasteiger charge is -2.25. The fourth-order valence-corrected chi connectivity index (χ4v) is 4.16. The van der Waals surface area contributed by atoms with Crippen LogP contribution in [-0.2, 0) is 21.5 Å². The van der Waals surface area contributed by atoms with Crippen molar-refractivity contribution in [3.63, 3.8) is 0 Å². The highest BCUT2D eigenvalue weighted by Crippen LogP contribution is 2.43. The van der Waals surface area contributed by atoms with Crippen LogP contribution in [0.15, 0.2) is 70.9 Å². The Labute approximate surface area is 197 Å². The van der Waals surface area contributed by atoms with Crippen molar-refractivity contribution in [2.75, 3.05) is 7.11 Å². The maximum atomic E-state index is 13.3. The molecule has 0 spiro atoms. The number of phenolic OH excluding ortho intramolecular Hbond substituents is 1. The average molecular weight is 462 g/mol. The number of nitrogens with zero attached hydrogens (tertiary/aromatic N) is 1. The number of ketones is 1. The molecule has 1 unspecified atom stereocenters. The third-order valence-electron chi connectivity index (χ3n) is 5.95. The van der Waals surface area contributed by atoms with Crippen molar-refractivity contribution in [3.8, 4) is 11.5 Å². The Balaban J connectivity index is 1.94. The summed E-state index contributed by atoms with van der Waals surface area (Å²) >= 11 is 0. The number of aliphatic hydroxyl groups is 1. The van der Waals surface area contributed by atoms with E-state index in [1.54, 1.807) is 36.4 Å². The van der Waals surface area contributed by atoms with E-state index in [2.05, 4.69) is 0 Å². The number of carbonyl (C=O) groups is 2. The van der Waals surface area contributed by atoms with E-state index in [0.717, 1.165) is 5.56 Å². The summed E-state index contributed by atoms with van der Waals surface area (Å²) in [4.78, 5) is 27.7. The van der Waals surface area contributed by atoms with Crippen molar-refractivity contribution in [1.82, 2.24) is 4.90 Å². The number of hydrogen-bond acceptors (Lipinski definition) is 6. The first-order valence-electron chi connectivity index (χ1n) is 10.9. The van der Waals surface area contributed by atoms with E-state index in [1.807, 2.05) is 26.8 Å². The van der Waals surface area contributed by atoms with E-state index in [-0.39, 0.29) is 29.0 Å². The molecule has 0 radical (unpaired) electrons. The van der Waals surface area contributed by atoms with Crippen molar-refractivity contribution in [3.05, 3.63) is 88.9 Å². The second kappa shape index (κ2) is 8.74. The number of benzene rings is 2. The fourth-order valence-electron chi connectivity index (χ4n) is 4.16. The minimum atomic E-state index is -0.930. The van der Waals surface area contributed by atoms with Crippen LogP contribution < -0.4 is 4.74 Å². The topological polar surface area (TPSA) is 100 Å². The first-order valence-corrected chi connectivity index (χ1v) is 10.9. The fraction of sp³-hybridized carbons (Fsp3) is 0.259.